The Morgan fingerprint density at radius 2 is 1.88 bits per heavy atom. The zero-order valence-electron chi connectivity index (χ0n) is 8.64. The third-order valence-electron chi connectivity index (χ3n) is 1.85. The first-order chi connectivity index (χ1) is 7.45. The third kappa shape index (κ3) is 3.16. The molecule has 1 aromatic carbocycles. The van der Waals surface area contributed by atoms with Gasteiger partial charge in [-0.1, -0.05) is 17.7 Å². The summed E-state index contributed by atoms with van der Waals surface area (Å²) in [4.78, 5) is 21.0. The van der Waals surface area contributed by atoms with E-state index >= 15 is 0 Å². The molecule has 0 aliphatic rings. The van der Waals surface area contributed by atoms with Crippen LogP contribution in [0.25, 0.3) is 0 Å². The van der Waals surface area contributed by atoms with E-state index in [-0.39, 0.29) is 4.90 Å². The summed E-state index contributed by atoms with van der Waals surface area (Å²) in [6.07, 6.45) is -0.120. The quantitative estimate of drug-likeness (QED) is 0.610. The lowest BCUT2D eigenvalue weighted by Crippen LogP contribution is -2.30. The van der Waals surface area contributed by atoms with Crippen molar-refractivity contribution in [1.82, 2.24) is 4.72 Å². The van der Waals surface area contributed by atoms with Crippen LogP contribution in [0.4, 0.5) is 0 Å². The molecular formula is C10H11NO4S. The predicted octanol–water partition coefficient (Wildman–Crippen LogP) is 0.389. The van der Waals surface area contributed by atoms with Gasteiger partial charge in [0.25, 0.3) is 10.0 Å². The van der Waals surface area contributed by atoms with Gasteiger partial charge in [0.15, 0.2) is 0 Å². The molecule has 16 heavy (non-hydrogen) atoms. The number of benzene rings is 1. The number of carbonyl (C=O) groups is 2. The number of sulfonamides is 1. The number of amides is 1. The average Bonchev–Trinajstić information content (AvgIpc) is 2.17. The van der Waals surface area contributed by atoms with Gasteiger partial charge in [-0.05, 0) is 19.1 Å². The second kappa shape index (κ2) is 4.89. The lowest BCUT2D eigenvalue weighted by molar-refractivity contribution is -0.122. The first-order valence-corrected chi connectivity index (χ1v) is 6.00. The molecule has 1 rings (SSSR count). The Morgan fingerprint density at radius 3 is 2.38 bits per heavy atom. The first-order valence-electron chi connectivity index (χ1n) is 4.51. The summed E-state index contributed by atoms with van der Waals surface area (Å²) in [5.74, 6) is -0.837. The van der Waals surface area contributed by atoms with Crippen LogP contribution >= 0.6 is 0 Å². The van der Waals surface area contributed by atoms with E-state index < -0.39 is 22.4 Å². The van der Waals surface area contributed by atoms with Crippen LogP contribution in [0.2, 0.25) is 0 Å². The maximum atomic E-state index is 11.6. The predicted molar refractivity (Wildman–Crippen MR) is 57.2 cm³/mol. The summed E-state index contributed by atoms with van der Waals surface area (Å²) in [5.41, 5.74) is 0.915. The molecule has 0 saturated carbocycles. The Hall–Kier alpha value is -1.69. The van der Waals surface area contributed by atoms with Crippen molar-refractivity contribution in [2.24, 2.45) is 0 Å². The number of aryl methyl sites for hydroxylation is 1. The van der Waals surface area contributed by atoms with Crippen LogP contribution in [0.5, 0.6) is 0 Å². The molecule has 6 heteroatoms. The molecule has 0 aliphatic heterocycles. The minimum atomic E-state index is -3.86. The van der Waals surface area contributed by atoms with Crippen LogP contribution < -0.4 is 4.72 Å². The van der Waals surface area contributed by atoms with Crippen molar-refractivity contribution in [3.8, 4) is 0 Å². The van der Waals surface area contributed by atoms with E-state index in [2.05, 4.69) is 0 Å². The maximum Gasteiger partial charge on any atom is 0.264 e. The molecule has 0 bridgehead atoms. The Kier molecular flexibility index (Phi) is 3.78. The molecule has 0 saturated heterocycles. The van der Waals surface area contributed by atoms with Crippen LogP contribution in [-0.2, 0) is 19.6 Å². The Bertz CT molecular complexity index is 490. The van der Waals surface area contributed by atoms with Gasteiger partial charge in [-0.15, -0.1) is 0 Å². The molecule has 5 nitrogen and oxygen atoms in total. The average molecular weight is 241 g/mol. The van der Waals surface area contributed by atoms with Crippen molar-refractivity contribution in [1.29, 1.82) is 0 Å². The monoisotopic (exact) mass is 241 g/mol. The van der Waals surface area contributed by atoms with Crippen molar-refractivity contribution in [3.63, 3.8) is 0 Å². The number of hydrogen-bond donors (Lipinski definition) is 1. The van der Waals surface area contributed by atoms with Crippen LogP contribution in [0, 0.1) is 6.92 Å². The highest BCUT2D eigenvalue weighted by atomic mass is 32.2. The Labute approximate surface area is 93.5 Å². The molecule has 0 atom stereocenters. The third-order valence-corrected chi connectivity index (χ3v) is 3.24. The smallest absolute Gasteiger partial charge is 0.264 e. The summed E-state index contributed by atoms with van der Waals surface area (Å²) in [7, 11) is -3.86. The first kappa shape index (κ1) is 12.4. The molecule has 0 spiro atoms. The van der Waals surface area contributed by atoms with Crippen molar-refractivity contribution in [3.05, 3.63) is 29.8 Å². The van der Waals surface area contributed by atoms with E-state index in [0.29, 0.717) is 6.29 Å². The molecule has 0 fully saturated rings. The molecule has 1 N–H and O–H groups in total. The van der Waals surface area contributed by atoms with E-state index in [4.69, 9.17) is 0 Å². The van der Waals surface area contributed by atoms with Gasteiger partial charge in [-0.2, -0.15) is 0 Å². The van der Waals surface area contributed by atoms with Gasteiger partial charge in [0.2, 0.25) is 5.91 Å². The number of hydrogen-bond acceptors (Lipinski definition) is 4. The largest absolute Gasteiger partial charge is 0.303 e. The van der Waals surface area contributed by atoms with Crippen molar-refractivity contribution in [2.75, 3.05) is 0 Å². The number of nitrogens with one attached hydrogen (secondary N) is 1. The lowest BCUT2D eigenvalue weighted by Gasteiger charge is -2.05. The maximum absolute atomic E-state index is 11.6. The van der Waals surface area contributed by atoms with Crippen LogP contribution in [0.1, 0.15) is 12.0 Å². The summed E-state index contributed by atoms with van der Waals surface area (Å²) in [5, 5.41) is 0. The van der Waals surface area contributed by atoms with E-state index in [9.17, 15) is 18.0 Å². The highest BCUT2D eigenvalue weighted by molar-refractivity contribution is 7.90. The molecule has 0 aliphatic carbocycles. The van der Waals surface area contributed by atoms with Crippen LogP contribution in [0.3, 0.4) is 0 Å². The minimum absolute atomic E-state index is 0.00245. The molecular weight excluding hydrogens is 230 g/mol. The van der Waals surface area contributed by atoms with E-state index in [1.165, 1.54) is 12.1 Å². The minimum Gasteiger partial charge on any atom is -0.303 e. The Balaban J connectivity index is 2.90. The summed E-state index contributed by atoms with van der Waals surface area (Å²) >= 11 is 0. The van der Waals surface area contributed by atoms with Crippen LogP contribution in [-0.4, -0.2) is 20.6 Å². The fraction of sp³-hybridized carbons (Fsp3) is 0.200. The number of aldehydes is 1. The van der Waals surface area contributed by atoms with Crippen molar-refractivity contribution in [2.45, 2.75) is 18.2 Å². The number of rotatable bonds is 4. The van der Waals surface area contributed by atoms with Gasteiger partial charge < -0.3 is 4.79 Å². The standard InChI is InChI=1S/C10H11NO4S/c1-8-2-4-9(5-3-8)16(14,15)11-10(13)6-7-12/h2-5,7H,6H2,1H3,(H,11,13). The molecule has 0 unspecified atom stereocenters. The van der Waals surface area contributed by atoms with E-state index in [0.717, 1.165) is 5.56 Å². The van der Waals surface area contributed by atoms with Gasteiger partial charge in [-0.3, -0.25) is 4.79 Å². The number of carbonyl (C=O) groups excluding carboxylic acids is 2. The second-order valence-electron chi connectivity index (χ2n) is 3.21. The highest BCUT2D eigenvalue weighted by Gasteiger charge is 2.16. The summed E-state index contributed by atoms with van der Waals surface area (Å²) < 4.78 is 25.0. The molecule has 0 aromatic heterocycles. The van der Waals surface area contributed by atoms with Gasteiger partial charge in [-0.25, -0.2) is 13.1 Å². The normalized spacial score (nSPS) is 10.8. The van der Waals surface area contributed by atoms with Crippen molar-refractivity contribution >= 4 is 22.2 Å². The SMILES string of the molecule is Cc1ccc(S(=O)(=O)NC(=O)CC=O)cc1. The van der Waals surface area contributed by atoms with E-state index in [1.54, 1.807) is 16.9 Å². The van der Waals surface area contributed by atoms with Gasteiger partial charge in [0.05, 0.1) is 11.3 Å². The summed E-state index contributed by atoms with van der Waals surface area (Å²) in [6.45, 7) is 1.82. The fourth-order valence-corrected chi connectivity index (χ4v) is 2.04. The molecule has 0 heterocycles. The fourth-order valence-electron chi connectivity index (χ4n) is 1.04. The second-order valence-corrected chi connectivity index (χ2v) is 4.89. The lowest BCUT2D eigenvalue weighted by atomic mass is 10.2. The molecule has 0 radical (unpaired) electrons. The molecule has 1 amide bonds. The van der Waals surface area contributed by atoms with Gasteiger partial charge in [0, 0.05) is 0 Å². The van der Waals surface area contributed by atoms with Crippen LogP contribution in [0.15, 0.2) is 29.2 Å². The highest BCUT2D eigenvalue weighted by Crippen LogP contribution is 2.09. The summed E-state index contributed by atoms with van der Waals surface area (Å²) in [6, 6.07) is 6.04. The zero-order valence-corrected chi connectivity index (χ0v) is 9.45. The zero-order chi connectivity index (χ0) is 12.2. The molecule has 86 valence electrons. The van der Waals surface area contributed by atoms with Gasteiger partial charge in [0.1, 0.15) is 6.29 Å². The Morgan fingerprint density at radius 1 is 1.31 bits per heavy atom. The van der Waals surface area contributed by atoms with E-state index in [1.807, 2.05) is 6.92 Å². The topological polar surface area (TPSA) is 80.3 Å². The van der Waals surface area contributed by atoms with Crippen molar-refractivity contribution < 1.29 is 18.0 Å². The molecule has 1 aromatic rings. The van der Waals surface area contributed by atoms with Gasteiger partial charge >= 0.3 is 0 Å².